The van der Waals surface area contributed by atoms with Crippen LogP contribution in [0.1, 0.15) is 80.0 Å². The van der Waals surface area contributed by atoms with Gasteiger partial charge in [0.2, 0.25) is 11.6 Å². The summed E-state index contributed by atoms with van der Waals surface area (Å²) in [6.07, 6.45) is 0.230. The molecule has 0 unspecified atom stereocenters. The fraction of sp³-hybridized carbons (Fsp3) is 0.536. The minimum atomic E-state index is -0.627. The summed E-state index contributed by atoms with van der Waals surface area (Å²) in [5.41, 5.74) is 2.44. The molecule has 7 heteroatoms. The normalized spacial score (nSPS) is 16.8. The van der Waals surface area contributed by atoms with Crippen LogP contribution in [0.3, 0.4) is 0 Å². The van der Waals surface area contributed by atoms with Crippen molar-refractivity contribution in [2.45, 2.75) is 100 Å². The standard InChI is InChI=1S/C16H22O4.C10H11BrO2.2CH4/c1-15(2,3)20-14(17)9-11-7-6-8-13-12(11)10-18-16(4,5)19-13;1-10(2)12-6-7-8(11)4-3-5-9(7)13-10;;/h6-8H,9-10H2,1-5H3;3-5H,6H2,1-2H3;2*1H4. The van der Waals surface area contributed by atoms with Crippen LogP contribution in [0.4, 0.5) is 0 Å². The van der Waals surface area contributed by atoms with Crippen molar-refractivity contribution in [1.29, 1.82) is 0 Å². The van der Waals surface area contributed by atoms with E-state index >= 15 is 0 Å². The number of carbonyl (C=O) groups is 1. The topological polar surface area (TPSA) is 63.2 Å². The van der Waals surface area contributed by atoms with E-state index in [0.717, 1.165) is 32.7 Å². The van der Waals surface area contributed by atoms with Gasteiger partial charge in [0, 0.05) is 43.3 Å². The average molecular weight is 554 g/mol. The molecule has 2 aliphatic heterocycles. The predicted octanol–water partition coefficient (Wildman–Crippen LogP) is 7.58. The number of benzene rings is 2. The molecule has 35 heavy (non-hydrogen) atoms. The molecule has 0 bridgehead atoms. The second-order valence-corrected chi connectivity index (χ2v) is 10.8. The van der Waals surface area contributed by atoms with Gasteiger partial charge in [-0.2, -0.15) is 0 Å². The molecule has 2 aliphatic rings. The van der Waals surface area contributed by atoms with Gasteiger partial charge in [-0.25, -0.2) is 0 Å². The maximum Gasteiger partial charge on any atom is 0.310 e. The molecule has 0 amide bonds. The molecule has 6 nitrogen and oxygen atoms in total. The first-order valence-corrected chi connectivity index (χ1v) is 11.8. The van der Waals surface area contributed by atoms with Gasteiger partial charge >= 0.3 is 5.97 Å². The van der Waals surface area contributed by atoms with Crippen molar-refractivity contribution in [3.8, 4) is 11.5 Å². The summed E-state index contributed by atoms with van der Waals surface area (Å²) in [6.45, 7) is 14.2. The third-order valence-corrected chi connectivity index (χ3v) is 5.64. The van der Waals surface area contributed by atoms with Crippen molar-refractivity contribution in [3.63, 3.8) is 0 Å². The van der Waals surface area contributed by atoms with Crippen molar-refractivity contribution < 1.29 is 28.5 Å². The van der Waals surface area contributed by atoms with E-state index in [0.29, 0.717) is 13.2 Å². The summed E-state index contributed by atoms with van der Waals surface area (Å²) in [4.78, 5) is 11.9. The average Bonchev–Trinajstić information content (AvgIpc) is 2.65. The van der Waals surface area contributed by atoms with E-state index in [-0.39, 0.29) is 27.2 Å². The number of hydrogen-bond acceptors (Lipinski definition) is 6. The second-order valence-electron chi connectivity index (χ2n) is 9.95. The van der Waals surface area contributed by atoms with Crippen LogP contribution in [0, 0.1) is 0 Å². The molecule has 0 saturated heterocycles. The summed E-state index contributed by atoms with van der Waals surface area (Å²) in [7, 11) is 0. The van der Waals surface area contributed by atoms with Gasteiger partial charge in [0.05, 0.1) is 19.6 Å². The van der Waals surface area contributed by atoms with Crippen molar-refractivity contribution >= 4 is 21.9 Å². The van der Waals surface area contributed by atoms with Gasteiger partial charge in [-0.1, -0.05) is 49.0 Å². The number of rotatable bonds is 2. The zero-order valence-electron chi connectivity index (χ0n) is 20.4. The van der Waals surface area contributed by atoms with Crippen LogP contribution >= 0.6 is 15.9 Å². The number of esters is 1. The third-order valence-electron chi connectivity index (χ3n) is 4.90. The lowest BCUT2D eigenvalue weighted by molar-refractivity contribution is -0.180. The number of carbonyl (C=O) groups excluding carboxylic acids is 1. The fourth-order valence-electron chi connectivity index (χ4n) is 3.42. The molecule has 0 aromatic heterocycles. The van der Waals surface area contributed by atoms with Crippen LogP contribution in [0.25, 0.3) is 0 Å². The fourth-order valence-corrected chi connectivity index (χ4v) is 3.89. The Morgan fingerprint density at radius 1 is 0.886 bits per heavy atom. The van der Waals surface area contributed by atoms with E-state index in [1.807, 2.05) is 84.9 Å². The van der Waals surface area contributed by atoms with Crippen molar-refractivity contribution in [1.82, 2.24) is 0 Å². The molecule has 0 N–H and O–H groups in total. The van der Waals surface area contributed by atoms with Crippen LogP contribution in [-0.2, 0) is 38.6 Å². The zero-order valence-corrected chi connectivity index (χ0v) is 22.0. The van der Waals surface area contributed by atoms with E-state index in [1.165, 1.54) is 0 Å². The van der Waals surface area contributed by atoms with Crippen LogP contribution in [0.5, 0.6) is 11.5 Å². The highest BCUT2D eigenvalue weighted by atomic mass is 79.9. The Morgan fingerprint density at radius 3 is 1.91 bits per heavy atom. The highest BCUT2D eigenvalue weighted by Gasteiger charge is 2.30. The van der Waals surface area contributed by atoms with Crippen LogP contribution < -0.4 is 9.47 Å². The van der Waals surface area contributed by atoms with Crippen molar-refractivity contribution in [2.75, 3.05) is 0 Å². The Labute approximate surface area is 219 Å². The molecule has 2 heterocycles. The van der Waals surface area contributed by atoms with Gasteiger partial charge in [-0.05, 0) is 44.5 Å². The highest BCUT2D eigenvalue weighted by molar-refractivity contribution is 9.10. The van der Waals surface area contributed by atoms with E-state index in [9.17, 15) is 4.79 Å². The summed E-state index contributed by atoms with van der Waals surface area (Å²) >= 11 is 3.46. The lowest BCUT2D eigenvalue weighted by Gasteiger charge is -2.33. The van der Waals surface area contributed by atoms with E-state index in [4.69, 9.17) is 23.7 Å². The number of fused-ring (bicyclic) bond motifs is 2. The summed E-state index contributed by atoms with van der Waals surface area (Å²) < 4.78 is 29.0. The first-order chi connectivity index (χ1) is 15.2. The molecule has 2 aromatic rings. The molecule has 0 atom stereocenters. The smallest absolute Gasteiger partial charge is 0.310 e. The Balaban J connectivity index is 0.000000356. The van der Waals surface area contributed by atoms with Gasteiger partial charge in [0.1, 0.15) is 17.1 Å². The number of hydrogen-bond donors (Lipinski definition) is 0. The molecule has 196 valence electrons. The molecule has 2 aromatic carbocycles. The second kappa shape index (κ2) is 11.8. The first kappa shape index (κ1) is 30.9. The van der Waals surface area contributed by atoms with E-state index in [1.54, 1.807) is 0 Å². The van der Waals surface area contributed by atoms with Crippen molar-refractivity contribution in [2.24, 2.45) is 0 Å². The molecule has 4 rings (SSSR count). The highest BCUT2D eigenvalue weighted by Crippen LogP contribution is 2.35. The quantitative estimate of drug-likeness (QED) is 0.357. The zero-order chi connectivity index (χ0) is 24.4. The van der Waals surface area contributed by atoms with Crippen LogP contribution in [0.15, 0.2) is 40.9 Å². The molecular weight excluding hydrogens is 512 g/mol. The lowest BCUT2D eigenvalue weighted by Crippen LogP contribution is -2.35. The minimum Gasteiger partial charge on any atom is -0.463 e. The Morgan fingerprint density at radius 2 is 1.37 bits per heavy atom. The molecule has 0 aliphatic carbocycles. The Bertz CT molecular complexity index is 1010. The largest absolute Gasteiger partial charge is 0.463 e. The third kappa shape index (κ3) is 8.81. The Kier molecular flexibility index (Phi) is 10.4. The summed E-state index contributed by atoms with van der Waals surface area (Å²) in [5, 5.41) is 0. The van der Waals surface area contributed by atoms with Gasteiger partial charge in [-0.3, -0.25) is 4.79 Å². The predicted molar refractivity (Wildman–Crippen MR) is 143 cm³/mol. The van der Waals surface area contributed by atoms with Gasteiger partial charge in [0.15, 0.2) is 0 Å². The SMILES string of the molecule is C.C.CC(C)(C)OC(=O)Cc1cccc2c1COC(C)(C)O2.CC1(C)OCc2c(Br)cccc2O1. The van der Waals surface area contributed by atoms with E-state index in [2.05, 4.69) is 15.9 Å². The molecule has 0 saturated carbocycles. The van der Waals surface area contributed by atoms with E-state index < -0.39 is 17.2 Å². The number of halogens is 1. The maximum absolute atomic E-state index is 11.9. The van der Waals surface area contributed by atoms with Crippen LogP contribution in [-0.4, -0.2) is 23.1 Å². The molecule has 0 radical (unpaired) electrons. The molecule has 0 spiro atoms. The first-order valence-electron chi connectivity index (χ1n) is 11.0. The summed E-state index contributed by atoms with van der Waals surface area (Å²) in [6, 6.07) is 11.6. The Hall–Kier alpha value is -2.09. The van der Waals surface area contributed by atoms with Gasteiger partial charge < -0.3 is 23.7 Å². The lowest BCUT2D eigenvalue weighted by atomic mass is 10.0. The molecular formula is C28H41BrO6. The summed E-state index contributed by atoms with van der Waals surface area (Å²) in [5.74, 6) is 0.314. The van der Waals surface area contributed by atoms with Gasteiger partial charge in [-0.15, -0.1) is 0 Å². The minimum absolute atomic E-state index is 0. The van der Waals surface area contributed by atoms with Crippen molar-refractivity contribution in [3.05, 3.63) is 57.6 Å². The maximum atomic E-state index is 11.9. The number of ether oxygens (including phenoxy) is 5. The van der Waals surface area contributed by atoms with Gasteiger partial charge in [0.25, 0.3) is 0 Å². The monoisotopic (exact) mass is 552 g/mol. The van der Waals surface area contributed by atoms with Crippen LogP contribution in [0.2, 0.25) is 0 Å². The molecule has 0 fully saturated rings.